The summed E-state index contributed by atoms with van der Waals surface area (Å²) in [5.74, 6) is 0.777. The summed E-state index contributed by atoms with van der Waals surface area (Å²) in [6.07, 6.45) is 0. The Morgan fingerprint density at radius 1 is 2.00 bits per heavy atom. The Morgan fingerprint density at radius 3 is 2.86 bits per heavy atom. The number of halogens is 1. The molecular formula is C3H4ClN2S. The molecule has 0 aromatic heterocycles. The van der Waals surface area contributed by atoms with E-state index in [4.69, 9.17) is 11.6 Å². The van der Waals surface area contributed by atoms with Gasteiger partial charge in [-0.3, -0.25) is 5.01 Å². The van der Waals surface area contributed by atoms with E-state index >= 15 is 0 Å². The maximum absolute atomic E-state index is 5.44. The first-order chi connectivity index (χ1) is 3.29. The van der Waals surface area contributed by atoms with Crippen LogP contribution >= 0.6 is 23.4 Å². The maximum atomic E-state index is 5.44. The summed E-state index contributed by atoms with van der Waals surface area (Å²) in [6.45, 7) is 0. The van der Waals surface area contributed by atoms with Gasteiger partial charge in [0.2, 0.25) is 0 Å². The zero-order valence-corrected chi connectivity index (χ0v) is 5.17. The van der Waals surface area contributed by atoms with Crippen molar-refractivity contribution in [2.45, 2.75) is 0 Å². The highest BCUT2D eigenvalue weighted by Gasteiger charge is 2.06. The summed E-state index contributed by atoms with van der Waals surface area (Å²) < 4.78 is 0.579. The van der Waals surface area contributed by atoms with Gasteiger partial charge in [0.05, 0.1) is 12.9 Å². The van der Waals surface area contributed by atoms with Crippen molar-refractivity contribution in [1.82, 2.24) is 5.01 Å². The lowest BCUT2D eigenvalue weighted by Gasteiger charge is -1.98. The molecule has 0 aromatic rings. The summed E-state index contributed by atoms with van der Waals surface area (Å²) in [6, 6.07) is 0. The van der Waals surface area contributed by atoms with Crippen molar-refractivity contribution < 1.29 is 0 Å². The average molecular weight is 136 g/mol. The molecule has 0 amide bonds. The second-order valence-corrected chi connectivity index (χ2v) is 2.65. The van der Waals surface area contributed by atoms with Crippen LogP contribution in [0.4, 0.5) is 0 Å². The van der Waals surface area contributed by atoms with Gasteiger partial charge in [0.25, 0.3) is 0 Å². The molecule has 39 valence electrons. The van der Waals surface area contributed by atoms with Crippen molar-refractivity contribution in [2.24, 2.45) is 5.10 Å². The van der Waals surface area contributed by atoms with E-state index < -0.39 is 0 Å². The lowest BCUT2D eigenvalue weighted by Crippen LogP contribution is -1.98. The first-order valence-corrected chi connectivity index (χ1v) is 3.10. The van der Waals surface area contributed by atoms with Crippen LogP contribution in [-0.4, -0.2) is 15.4 Å². The van der Waals surface area contributed by atoms with E-state index in [0.29, 0.717) is 4.50 Å². The molecule has 0 fully saturated rings. The molecule has 1 aliphatic heterocycles. The van der Waals surface area contributed by atoms with Gasteiger partial charge < -0.3 is 0 Å². The molecule has 0 saturated carbocycles. The maximum Gasteiger partial charge on any atom is 0.184 e. The summed E-state index contributed by atoms with van der Waals surface area (Å²) in [4.78, 5) is 0. The van der Waals surface area contributed by atoms with E-state index in [-0.39, 0.29) is 0 Å². The Hall–Kier alpha value is 0.110. The van der Waals surface area contributed by atoms with Gasteiger partial charge >= 0.3 is 0 Å². The van der Waals surface area contributed by atoms with Crippen molar-refractivity contribution >= 4 is 27.9 Å². The largest absolute Gasteiger partial charge is 0.283 e. The van der Waals surface area contributed by atoms with Crippen molar-refractivity contribution in [2.75, 3.05) is 5.88 Å². The second kappa shape index (κ2) is 1.92. The van der Waals surface area contributed by atoms with Crippen molar-refractivity contribution in [3.63, 3.8) is 0 Å². The molecule has 1 heterocycles. The molecule has 0 unspecified atom stereocenters. The van der Waals surface area contributed by atoms with E-state index in [1.165, 1.54) is 11.8 Å². The topological polar surface area (TPSA) is 15.6 Å². The van der Waals surface area contributed by atoms with Gasteiger partial charge in [-0.15, -0.1) is 0 Å². The molecule has 7 heavy (non-hydrogen) atoms. The molecule has 1 aliphatic rings. The highest BCUT2D eigenvalue weighted by Crippen LogP contribution is 2.17. The summed E-state index contributed by atoms with van der Waals surface area (Å²) >= 11 is 6.92. The van der Waals surface area contributed by atoms with E-state index in [1.54, 1.807) is 5.01 Å². The quantitative estimate of drug-likeness (QED) is 0.498. The molecule has 0 atom stereocenters. The molecule has 1 rings (SSSR count). The van der Waals surface area contributed by atoms with Gasteiger partial charge in [0, 0.05) is 0 Å². The molecule has 0 N–H and O–H groups in total. The standard InChI is InChI=1S/C3H4ClN2S/c1-6-2-7-3(4)5-6/h1-2H2. The Labute approximate surface area is 51.5 Å². The van der Waals surface area contributed by atoms with E-state index in [0.717, 1.165) is 5.88 Å². The number of hydrogen-bond donors (Lipinski definition) is 0. The molecule has 0 aromatic carbocycles. The third-order valence-corrected chi connectivity index (χ3v) is 1.70. The smallest absolute Gasteiger partial charge is 0.184 e. The molecule has 2 nitrogen and oxygen atoms in total. The zero-order valence-electron chi connectivity index (χ0n) is 3.59. The van der Waals surface area contributed by atoms with Crippen LogP contribution in [0.25, 0.3) is 0 Å². The lowest BCUT2D eigenvalue weighted by atomic mass is 11.2. The number of hydrazone groups is 1. The van der Waals surface area contributed by atoms with E-state index in [2.05, 4.69) is 12.1 Å². The predicted molar refractivity (Wildman–Crippen MR) is 32.9 cm³/mol. The number of thioether (sulfide) groups is 1. The second-order valence-electron chi connectivity index (χ2n) is 1.13. The number of nitrogens with zero attached hydrogens (tertiary/aromatic N) is 2. The van der Waals surface area contributed by atoms with Gasteiger partial charge in [-0.2, -0.15) is 5.10 Å². The summed E-state index contributed by atoms with van der Waals surface area (Å²) in [5.41, 5.74) is 0. The van der Waals surface area contributed by atoms with E-state index in [1.807, 2.05) is 0 Å². The number of rotatable bonds is 0. The van der Waals surface area contributed by atoms with Crippen LogP contribution in [0.1, 0.15) is 0 Å². The highest BCUT2D eigenvalue weighted by molar-refractivity contribution is 8.16. The fourth-order valence-electron chi connectivity index (χ4n) is 0.297. The van der Waals surface area contributed by atoms with Crippen LogP contribution in [0.2, 0.25) is 0 Å². The molecule has 1 radical (unpaired) electrons. The minimum atomic E-state index is 0.579. The van der Waals surface area contributed by atoms with Crippen LogP contribution in [-0.2, 0) is 0 Å². The van der Waals surface area contributed by atoms with E-state index in [9.17, 15) is 0 Å². The van der Waals surface area contributed by atoms with Crippen molar-refractivity contribution in [3.8, 4) is 0 Å². The normalized spacial score (nSPS) is 20.3. The Balaban J connectivity index is 2.50. The van der Waals surface area contributed by atoms with Crippen LogP contribution in [0, 0.1) is 7.05 Å². The predicted octanol–water partition coefficient (Wildman–Crippen LogP) is 1.29. The Morgan fingerprint density at radius 2 is 2.71 bits per heavy atom. The fourth-order valence-corrected chi connectivity index (χ4v) is 1.04. The molecule has 0 spiro atoms. The van der Waals surface area contributed by atoms with Gasteiger partial charge in [-0.25, -0.2) is 0 Å². The van der Waals surface area contributed by atoms with Crippen LogP contribution in [0.5, 0.6) is 0 Å². The Kier molecular flexibility index (Phi) is 1.44. The SMILES string of the molecule is [CH2]N1CSC(Cl)=N1. The fraction of sp³-hybridized carbons (Fsp3) is 0.333. The third kappa shape index (κ3) is 1.24. The van der Waals surface area contributed by atoms with Gasteiger partial charge in [-0.1, -0.05) is 23.4 Å². The van der Waals surface area contributed by atoms with Gasteiger partial charge in [0.1, 0.15) is 0 Å². The van der Waals surface area contributed by atoms with Gasteiger partial charge in [0.15, 0.2) is 4.50 Å². The van der Waals surface area contributed by atoms with Crippen molar-refractivity contribution in [3.05, 3.63) is 7.05 Å². The average Bonchev–Trinajstić information content (AvgIpc) is 1.87. The van der Waals surface area contributed by atoms with Crippen LogP contribution < -0.4 is 0 Å². The zero-order chi connectivity index (χ0) is 5.28. The van der Waals surface area contributed by atoms with Crippen molar-refractivity contribution in [1.29, 1.82) is 0 Å². The third-order valence-electron chi connectivity index (χ3n) is 0.553. The minimum absolute atomic E-state index is 0.579. The highest BCUT2D eigenvalue weighted by atomic mass is 35.5. The molecule has 0 bridgehead atoms. The lowest BCUT2D eigenvalue weighted by molar-refractivity contribution is 0.476. The van der Waals surface area contributed by atoms with Crippen LogP contribution in [0.15, 0.2) is 5.10 Å². The summed E-state index contributed by atoms with van der Waals surface area (Å²) in [7, 11) is 3.53. The first-order valence-electron chi connectivity index (χ1n) is 1.74. The molecular weight excluding hydrogens is 132 g/mol. The first kappa shape index (κ1) is 5.25. The van der Waals surface area contributed by atoms with Gasteiger partial charge in [-0.05, 0) is 0 Å². The Bertz CT molecular complexity index is 103. The van der Waals surface area contributed by atoms with Crippen LogP contribution in [0.3, 0.4) is 0 Å². The molecule has 0 saturated heterocycles. The number of hydrogen-bond acceptors (Lipinski definition) is 3. The molecule has 0 aliphatic carbocycles. The monoisotopic (exact) mass is 135 g/mol. The minimum Gasteiger partial charge on any atom is -0.283 e. The molecule has 4 heteroatoms. The summed E-state index contributed by atoms with van der Waals surface area (Å²) in [5, 5.41) is 5.30.